The van der Waals surface area contributed by atoms with Gasteiger partial charge in [0.2, 0.25) is 5.91 Å². The van der Waals surface area contributed by atoms with Crippen molar-refractivity contribution < 1.29 is 4.79 Å². The van der Waals surface area contributed by atoms with E-state index in [-0.39, 0.29) is 11.5 Å². The Bertz CT molecular complexity index is 679. The van der Waals surface area contributed by atoms with Crippen LogP contribution in [-0.4, -0.2) is 27.4 Å². The molecule has 0 radical (unpaired) electrons. The van der Waals surface area contributed by atoms with E-state index in [9.17, 15) is 9.59 Å². The number of amides is 1. The van der Waals surface area contributed by atoms with Crippen LogP contribution in [0.3, 0.4) is 0 Å². The van der Waals surface area contributed by atoms with E-state index in [2.05, 4.69) is 15.6 Å². The summed E-state index contributed by atoms with van der Waals surface area (Å²) in [5.74, 6) is 0.438. The SMILES string of the molecule is CC(C)CNC(=O)CCCn1nnc2ccccc2c1=O. The number of benzene rings is 1. The third-order valence-electron chi connectivity index (χ3n) is 3.11. The first kappa shape index (κ1) is 15.2. The van der Waals surface area contributed by atoms with Crippen molar-refractivity contribution in [3.63, 3.8) is 0 Å². The van der Waals surface area contributed by atoms with Gasteiger partial charge in [-0.15, -0.1) is 5.10 Å². The fraction of sp³-hybridized carbons (Fsp3) is 0.467. The first-order chi connectivity index (χ1) is 10.1. The number of aromatic nitrogens is 3. The van der Waals surface area contributed by atoms with Crippen molar-refractivity contribution in [1.82, 2.24) is 20.3 Å². The molecule has 1 aromatic carbocycles. The monoisotopic (exact) mass is 288 g/mol. The average Bonchev–Trinajstić information content (AvgIpc) is 2.48. The minimum atomic E-state index is -0.164. The van der Waals surface area contributed by atoms with Crippen LogP contribution in [0.15, 0.2) is 29.1 Å². The molecule has 0 fully saturated rings. The molecule has 1 aromatic heterocycles. The number of aryl methyl sites for hydroxylation is 1. The normalized spacial score (nSPS) is 11.0. The second-order valence-corrected chi connectivity index (χ2v) is 5.44. The summed E-state index contributed by atoms with van der Waals surface area (Å²) in [5.41, 5.74) is 0.427. The Hall–Kier alpha value is -2.24. The highest BCUT2D eigenvalue weighted by Gasteiger charge is 2.06. The van der Waals surface area contributed by atoms with Crippen molar-refractivity contribution in [3.8, 4) is 0 Å². The molecule has 0 saturated heterocycles. The molecule has 0 bridgehead atoms. The van der Waals surface area contributed by atoms with Gasteiger partial charge in [0.15, 0.2) is 0 Å². The minimum absolute atomic E-state index is 0.00509. The van der Waals surface area contributed by atoms with Crippen LogP contribution in [0, 0.1) is 5.92 Å². The van der Waals surface area contributed by atoms with Gasteiger partial charge in [-0.1, -0.05) is 31.2 Å². The number of fused-ring (bicyclic) bond motifs is 1. The van der Waals surface area contributed by atoms with Gasteiger partial charge in [-0.25, -0.2) is 4.68 Å². The summed E-state index contributed by atoms with van der Waals surface area (Å²) in [6, 6.07) is 7.11. The molecule has 2 rings (SSSR count). The van der Waals surface area contributed by atoms with Crippen molar-refractivity contribution >= 4 is 16.8 Å². The topological polar surface area (TPSA) is 76.9 Å². The van der Waals surface area contributed by atoms with E-state index in [0.29, 0.717) is 42.8 Å². The summed E-state index contributed by atoms with van der Waals surface area (Å²) >= 11 is 0. The van der Waals surface area contributed by atoms with Crippen LogP contribution in [0.25, 0.3) is 10.9 Å². The molecule has 112 valence electrons. The Morgan fingerprint density at radius 3 is 2.86 bits per heavy atom. The predicted molar refractivity (Wildman–Crippen MR) is 80.9 cm³/mol. The molecule has 1 amide bonds. The van der Waals surface area contributed by atoms with E-state index in [1.54, 1.807) is 18.2 Å². The number of nitrogens with one attached hydrogen (secondary N) is 1. The molecule has 0 saturated carbocycles. The Morgan fingerprint density at radius 1 is 1.33 bits per heavy atom. The molecular weight excluding hydrogens is 268 g/mol. The summed E-state index contributed by atoms with van der Waals surface area (Å²) in [6.07, 6.45) is 0.949. The maximum absolute atomic E-state index is 12.2. The standard InChI is InChI=1S/C15H20N4O2/c1-11(2)10-16-14(20)8-5-9-19-15(21)12-6-3-4-7-13(12)17-18-19/h3-4,6-7,11H,5,8-10H2,1-2H3,(H,16,20). The van der Waals surface area contributed by atoms with Crippen molar-refractivity contribution in [3.05, 3.63) is 34.6 Å². The summed E-state index contributed by atoms with van der Waals surface area (Å²) in [6.45, 7) is 5.16. The molecule has 1 heterocycles. The minimum Gasteiger partial charge on any atom is -0.356 e. The second kappa shape index (κ2) is 6.97. The molecule has 0 spiro atoms. The van der Waals surface area contributed by atoms with Gasteiger partial charge in [0.1, 0.15) is 5.52 Å². The lowest BCUT2D eigenvalue weighted by Gasteiger charge is -2.08. The van der Waals surface area contributed by atoms with Crippen molar-refractivity contribution in [2.24, 2.45) is 5.92 Å². The summed E-state index contributed by atoms with van der Waals surface area (Å²) in [4.78, 5) is 23.8. The van der Waals surface area contributed by atoms with Crippen LogP contribution in [0.4, 0.5) is 0 Å². The van der Waals surface area contributed by atoms with Crippen molar-refractivity contribution in [1.29, 1.82) is 0 Å². The van der Waals surface area contributed by atoms with E-state index in [4.69, 9.17) is 0 Å². The van der Waals surface area contributed by atoms with E-state index in [0.717, 1.165) is 0 Å². The Labute approximate surface area is 123 Å². The molecule has 0 unspecified atom stereocenters. The van der Waals surface area contributed by atoms with Crippen LogP contribution in [-0.2, 0) is 11.3 Å². The lowest BCUT2D eigenvalue weighted by atomic mass is 10.2. The molecule has 0 aliphatic heterocycles. The summed E-state index contributed by atoms with van der Waals surface area (Å²) in [7, 11) is 0. The van der Waals surface area contributed by atoms with Gasteiger partial charge in [0.05, 0.1) is 5.39 Å². The van der Waals surface area contributed by atoms with E-state index in [1.807, 2.05) is 19.9 Å². The van der Waals surface area contributed by atoms with Crippen LogP contribution >= 0.6 is 0 Å². The zero-order chi connectivity index (χ0) is 15.2. The first-order valence-electron chi connectivity index (χ1n) is 7.17. The van der Waals surface area contributed by atoms with E-state index >= 15 is 0 Å². The largest absolute Gasteiger partial charge is 0.356 e. The molecule has 21 heavy (non-hydrogen) atoms. The molecule has 6 heteroatoms. The highest BCUT2D eigenvalue weighted by atomic mass is 16.1. The molecule has 0 atom stereocenters. The number of hydrogen-bond donors (Lipinski definition) is 1. The highest BCUT2D eigenvalue weighted by Crippen LogP contribution is 2.03. The maximum Gasteiger partial charge on any atom is 0.277 e. The summed E-state index contributed by atoms with van der Waals surface area (Å²) in [5, 5.41) is 11.3. The zero-order valence-electron chi connectivity index (χ0n) is 12.4. The predicted octanol–water partition coefficient (Wildman–Crippen LogP) is 1.34. The van der Waals surface area contributed by atoms with E-state index < -0.39 is 0 Å². The molecule has 2 aromatic rings. The average molecular weight is 288 g/mol. The lowest BCUT2D eigenvalue weighted by molar-refractivity contribution is -0.121. The highest BCUT2D eigenvalue weighted by molar-refractivity contribution is 5.76. The zero-order valence-corrected chi connectivity index (χ0v) is 12.4. The van der Waals surface area contributed by atoms with Crippen molar-refractivity contribution in [2.75, 3.05) is 6.54 Å². The van der Waals surface area contributed by atoms with Gasteiger partial charge in [0, 0.05) is 19.5 Å². The van der Waals surface area contributed by atoms with Gasteiger partial charge >= 0.3 is 0 Å². The molecule has 0 aliphatic rings. The first-order valence-corrected chi connectivity index (χ1v) is 7.17. The number of hydrogen-bond acceptors (Lipinski definition) is 4. The smallest absolute Gasteiger partial charge is 0.277 e. The van der Waals surface area contributed by atoms with Crippen LogP contribution in [0.2, 0.25) is 0 Å². The van der Waals surface area contributed by atoms with Crippen LogP contribution in [0.1, 0.15) is 26.7 Å². The van der Waals surface area contributed by atoms with Gasteiger partial charge in [0.25, 0.3) is 5.56 Å². The number of nitrogens with zero attached hydrogens (tertiary/aromatic N) is 3. The molecular formula is C15H20N4O2. The maximum atomic E-state index is 12.2. The molecule has 0 aliphatic carbocycles. The Kier molecular flexibility index (Phi) is 5.03. The second-order valence-electron chi connectivity index (χ2n) is 5.44. The van der Waals surface area contributed by atoms with Crippen LogP contribution < -0.4 is 10.9 Å². The van der Waals surface area contributed by atoms with E-state index in [1.165, 1.54) is 4.68 Å². The molecule has 1 N–H and O–H groups in total. The number of rotatable bonds is 6. The summed E-state index contributed by atoms with van der Waals surface area (Å²) < 4.78 is 1.32. The van der Waals surface area contributed by atoms with Crippen LogP contribution in [0.5, 0.6) is 0 Å². The lowest BCUT2D eigenvalue weighted by Crippen LogP contribution is -2.28. The quantitative estimate of drug-likeness (QED) is 0.870. The third-order valence-corrected chi connectivity index (χ3v) is 3.11. The van der Waals surface area contributed by atoms with Gasteiger partial charge in [-0.3, -0.25) is 9.59 Å². The van der Waals surface area contributed by atoms with Gasteiger partial charge < -0.3 is 5.32 Å². The third kappa shape index (κ3) is 4.11. The number of carbonyl (C=O) groups is 1. The fourth-order valence-corrected chi connectivity index (χ4v) is 1.97. The van der Waals surface area contributed by atoms with Gasteiger partial charge in [-0.2, -0.15) is 0 Å². The Balaban J connectivity index is 1.93. The fourth-order valence-electron chi connectivity index (χ4n) is 1.97. The van der Waals surface area contributed by atoms with Gasteiger partial charge in [-0.05, 0) is 24.5 Å². The molecule has 6 nitrogen and oxygen atoms in total. The van der Waals surface area contributed by atoms with Crippen molar-refractivity contribution in [2.45, 2.75) is 33.2 Å². The number of carbonyl (C=O) groups excluding carboxylic acids is 1. The Morgan fingerprint density at radius 2 is 2.10 bits per heavy atom.